The SMILES string of the molecule is CCC(C)(C)C(C)[SiH](I)C(C)(C)c1ccccc1. The third-order valence-electron chi connectivity index (χ3n) is 4.79. The van der Waals surface area contributed by atoms with Crippen LogP contribution in [-0.2, 0) is 5.04 Å². The summed E-state index contributed by atoms with van der Waals surface area (Å²) >= 11 is 2.80. The van der Waals surface area contributed by atoms with Crippen molar-refractivity contribution < 1.29 is 0 Å². The van der Waals surface area contributed by atoms with Crippen LogP contribution in [0.15, 0.2) is 30.3 Å². The number of rotatable bonds is 5. The van der Waals surface area contributed by atoms with Gasteiger partial charge in [-0.15, -0.1) is 21.8 Å². The number of halogens is 1. The predicted molar refractivity (Wildman–Crippen MR) is 94.1 cm³/mol. The molecule has 0 heterocycles. The molecule has 0 aliphatic carbocycles. The lowest BCUT2D eigenvalue weighted by molar-refractivity contribution is 0.331. The smallest absolute Gasteiger partial charge is 0.122 e. The predicted octanol–water partition coefficient (Wildman–Crippen LogP) is 5.49. The molecule has 0 amide bonds. The number of hydrogen-bond donors (Lipinski definition) is 0. The zero-order valence-electron chi connectivity index (χ0n) is 12.6. The lowest BCUT2D eigenvalue weighted by Crippen LogP contribution is -2.40. The molecule has 18 heavy (non-hydrogen) atoms. The van der Waals surface area contributed by atoms with Gasteiger partial charge in [-0.1, -0.05) is 78.3 Å². The normalized spacial score (nSPS) is 16.4. The molecule has 1 rings (SSSR count). The van der Waals surface area contributed by atoms with Gasteiger partial charge in [-0.05, 0) is 21.6 Å². The molecule has 102 valence electrons. The fourth-order valence-corrected chi connectivity index (χ4v) is 9.16. The van der Waals surface area contributed by atoms with Crippen molar-refractivity contribution in [3.8, 4) is 0 Å². The molecule has 0 spiro atoms. The zero-order chi connectivity index (χ0) is 14.0. The van der Waals surface area contributed by atoms with E-state index in [0.29, 0.717) is 10.5 Å². The lowest BCUT2D eigenvalue weighted by atomic mass is 9.87. The van der Waals surface area contributed by atoms with Gasteiger partial charge in [0.05, 0.1) is 0 Å². The van der Waals surface area contributed by atoms with Crippen LogP contribution in [0, 0.1) is 5.41 Å². The Labute approximate surface area is 127 Å². The summed E-state index contributed by atoms with van der Waals surface area (Å²) in [5.41, 5.74) is 2.80. The van der Waals surface area contributed by atoms with Gasteiger partial charge in [-0.2, -0.15) is 0 Å². The van der Waals surface area contributed by atoms with Crippen LogP contribution in [0.25, 0.3) is 0 Å². The molecule has 0 fully saturated rings. The van der Waals surface area contributed by atoms with Crippen molar-refractivity contribution in [1.29, 1.82) is 0 Å². The standard InChI is InChI=1S/C16H27ISi/c1-7-15(3,4)13(2)18(17)16(5,6)14-11-9-8-10-12-14/h8-13,18H,7H2,1-6H3. The van der Waals surface area contributed by atoms with E-state index in [2.05, 4.69) is 93.7 Å². The Hall–Kier alpha value is 0.167. The molecule has 1 aromatic rings. The van der Waals surface area contributed by atoms with Crippen LogP contribution in [-0.4, -0.2) is 6.29 Å². The summed E-state index contributed by atoms with van der Waals surface area (Å²) in [6, 6.07) is 11.0. The van der Waals surface area contributed by atoms with Crippen molar-refractivity contribution in [1.82, 2.24) is 0 Å². The molecule has 2 unspecified atom stereocenters. The Morgan fingerprint density at radius 3 is 2.06 bits per heavy atom. The summed E-state index contributed by atoms with van der Waals surface area (Å²) in [4.78, 5) is 0. The van der Waals surface area contributed by atoms with Crippen LogP contribution in [0.1, 0.15) is 53.5 Å². The molecule has 0 radical (unpaired) electrons. The Morgan fingerprint density at radius 1 is 1.11 bits per heavy atom. The van der Waals surface area contributed by atoms with Crippen molar-refractivity contribution in [2.45, 2.75) is 58.5 Å². The van der Waals surface area contributed by atoms with Crippen molar-refractivity contribution in [2.24, 2.45) is 5.41 Å². The highest BCUT2D eigenvalue weighted by molar-refractivity contribution is 14.1. The van der Waals surface area contributed by atoms with Crippen LogP contribution in [0.4, 0.5) is 0 Å². The van der Waals surface area contributed by atoms with E-state index < -0.39 is 6.29 Å². The van der Waals surface area contributed by atoms with Gasteiger partial charge >= 0.3 is 0 Å². The summed E-state index contributed by atoms with van der Waals surface area (Å²) in [5, 5.41) is 0.355. The maximum absolute atomic E-state index is 2.80. The second kappa shape index (κ2) is 6.08. The monoisotopic (exact) mass is 374 g/mol. The van der Waals surface area contributed by atoms with Crippen LogP contribution < -0.4 is 0 Å². The lowest BCUT2D eigenvalue weighted by Gasteiger charge is -2.41. The van der Waals surface area contributed by atoms with Gasteiger partial charge in [0.2, 0.25) is 0 Å². The minimum absolute atomic E-state index is 0.355. The Kier molecular flexibility index (Phi) is 5.48. The molecule has 0 N–H and O–H groups in total. The van der Waals surface area contributed by atoms with Crippen LogP contribution in [0.5, 0.6) is 0 Å². The summed E-state index contributed by atoms with van der Waals surface area (Å²) in [6.45, 7) is 14.5. The molecule has 0 bridgehead atoms. The van der Waals surface area contributed by atoms with E-state index in [9.17, 15) is 0 Å². The van der Waals surface area contributed by atoms with E-state index in [4.69, 9.17) is 0 Å². The van der Waals surface area contributed by atoms with Crippen molar-refractivity contribution in [3.63, 3.8) is 0 Å². The van der Waals surface area contributed by atoms with Crippen LogP contribution in [0.3, 0.4) is 0 Å². The minimum atomic E-state index is -0.905. The molecule has 0 saturated carbocycles. The van der Waals surface area contributed by atoms with Crippen LogP contribution >= 0.6 is 21.8 Å². The van der Waals surface area contributed by atoms with Crippen molar-refractivity contribution >= 4 is 28.1 Å². The first-order valence-electron chi connectivity index (χ1n) is 6.93. The van der Waals surface area contributed by atoms with Gasteiger partial charge in [0.15, 0.2) is 0 Å². The maximum atomic E-state index is 2.80. The van der Waals surface area contributed by atoms with E-state index in [1.165, 1.54) is 12.0 Å². The summed E-state index contributed by atoms with van der Waals surface area (Å²) in [6.07, 6.45) is 0.365. The van der Waals surface area contributed by atoms with Crippen molar-refractivity contribution in [2.75, 3.05) is 0 Å². The fourth-order valence-electron chi connectivity index (χ4n) is 2.37. The average Bonchev–Trinajstić information content (AvgIpc) is 2.37. The summed E-state index contributed by atoms with van der Waals surface area (Å²) in [7, 11) is 0. The molecule has 0 aliphatic rings. The highest BCUT2D eigenvalue weighted by atomic mass is 127. The Morgan fingerprint density at radius 2 is 1.61 bits per heavy atom. The minimum Gasteiger partial charge on any atom is -0.122 e. The third-order valence-corrected chi connectivity index (χ3v) is 16.2. The summed E-state index contributed by atoms with van der Waals surface area (Å²) in [5.74, 6) is 0. The van der Waals surface area contributed by atoms with E-state index in [1.807, 2.05) is 0 Å². The first-order valence-corrected chi connectivity index (χ1v) is 12.3. The van der Waals surface area contributed by atoms with Crippen LogP contribution in [0.2, 0.25) is 5.54 Å². The van der Waals surface area contributed by atoms with Gasteiger partial charge in [0.1, 0.15) is 6.29 Å². The molecular weight excluding hydrogens is 347 g/mol. The van der Waals surface area contributed by atoms with Gasteiger partial charge in [0, 0.05) is 0 Å². The first kappa shape index (κ1) is 16.2. The Bertz CT molecular complexity index is 370. The zero-order valence-corrected chi connectivity index (χ0v) is 15.9. The van der Waals surface area contributed by atoms with E-state index in [1.54, 1.807) is 0 Å². The Balaban J connectivity index is 2.99. The highest BCUT2D eigenvalue weighted by Gasteiger charge is 2.40. The molecule has 0 nitrogen and oxygen atoms in total. The quantitative estimate of drug-likeness (QED) is 0.363. The topological polar surface area (TPSA) is 0 Å². The maximum Gasteiger partial charge on any atom is 0.123 e. The molecular formula is C16H27ISi. The molecule has 0 saturated heterocycles. The molecule has 1 aromatic carbocycles. The van der Waals surface area contributed by atoms with E-state index >= 15 is 0 Å². The largest absolute Gasteiger partial charge is 0.123 e. The summed E-state index contributed by atoms with van der Waals surface area (Å²) < 4.78 is 0. The molecule has 2 heteroatoms. The molecule has 0 aromatic heterocycles. The molecule has 2 atom stereocenters. The molecule has 0 aliphatic heterocycles. The van der Waals surface area contributed by atoms with E-state index in [-0.39, 0.29) is 0 Å². The number of hydrogen-bond acceptors (Lipinski definition) is 0. The second-order valence-electron chi connectivity index (χ2n) is 6.62. The van der Waals surface area contributed by atoms with Gasteiger partial charge < -0.3 is 0 Å². The third kappa shape index (κ3) is 3.38. The second-order valence-corrected chi connectivity index (χ2v) is 13.9. The highest BCUT2D eigenvalue weighted by Crippen LogP contribution is 2.45. The first-order chi connectivity index (χ1) is 8.23. The fraction of sp³-hybridized carbons (Fsp3) is 0.625. The van der Waals surface area contributed by atoms with E-state index in [0.717, 1.165) is 5.54 Å². The van der Waals surface area contributed by atoms with Gasteiger partial charge in [0.25, 0.3) is 0 Å². The van der Waals surface area contributed by atoms with Gasteiger partial charge in [-0.3, -0.25) is 0 Å². The van der Waals surface area contributed by atoms with Crippen molar-refractivity contribution in [3.05, 3.63) is 35.9 Å². The number of benzene rings is 1. The average molecular weight is 374 g/mol. The van der Waals surface area contributed by atoms with Gasteiger partial charge in [-0.25, -0.2) is 0 Å².